The van der Waals surface area contributed by atoms with E-state index in [0.717, 1.165) is 44.7 Å². The monoisotopic (exact) mass is 239 g/mol. The molecule has 0 spiro atoms. The van der Waals surface area contributed by atoms with Gasteiger partial charge < -0.3 is 15.0 Å². The van der Waals surface area contributed by atoms with Crippen LogP contribution in [0.2, 0.25) is 0 Å². The maximum absolute atomic E-state index is 5.90. The summed E-state index contributed by atoms with van der Waals surface area (Å²) in [5, 5.41) is 0. The molecule has 4 nitrogen and oxygen atoms in total. The van der Waals surface area contributed by atoms with Crippen LogP contribution in [0.15, 0.2) is 12.5 Å². The van der Waals surface area contributed by atoms with E-state index >= 15 is 0 Å². The van der Waals surface area contributed by atoms with E-state index in [9.17, 15) is 0 Å². The Hall–Kier alpha value is -0.870. The highest BCUT2D eigenvalue weighted by Crippen LogP contribution is 2.02. The van der Waals surface area contributed by atoms with Gasteiger partial charge in [0.15, 0.2) is 0 Å². The Morgan fingerprint density at radius 3 is 2.94 bits per heavy atom. The molecule has 0 fully saturated rings. The average Bonchev–Trinajstić information content (AvgIpc) is 2.76. The van der Waals surface area contributed by atoms with Crippen molar-refractivity contribution in [1.29, 1.82) is 0 Å². The molecule has 0 amide bonds. The molecule has 0 aliphatic carbocycles. The van der Waals surface area contributed by atoms with Gasteiger partial charge in [0.25, 0.3) is 0 Å². The van der Waals surface area contributed by atoms with E-state index in [1.807, 2.05) is 6.33 Å². The predicted octanol–water partition coefficient (Wildman–Crippen LogP) is 1.98. The third kappa shape index (κ3) is 5.84. The van der Waals surface area contributed by atoms with Gasteiger partial charge in [-0.3, -0.25) is 0 Å². The fourth-order valence-electron chi connectivity index (χ4n) is 1.57. The van der Waals surface area contributed by atoms with Crippen LogP contribution in [0.3, 0.4) is 0 Å². The van der Waals surface area contributed by atoms with Crippen molar-refractivity contribution in [2.24, 2.45) is 5.73 Å². The fourth-order valence-corrected chi connectivity index (χ4v) is 1.57. The first-order valence-corrected chi connectivity index (χ1v) is 6.60. The lowest BCUT2D eigenvalue weighted by atomic mass is 10.1. The van der Waals surface area contributed by atoms with Gasteiger partial charge >= 0.3 is 0 Å². The molecule has 1 aromatic heterocycles. The molecule has 98 valence electrons. The molecule has 0 saturated heterocycles. The number of ether oxygens (including phenoxy) is 1. The molecule has 1 atom stereocenters. The molecule has 0 bridgehead atoms. The minimum absolute atomic E-state index is 0.221. The molecule has 0 saturated carbocycles. The van der Waals surface area contributed by atoms with E-state index < -0.39 is 0 Å². The number of hydrogen-bond donors (Lipinski definition) is 1. The van der Waals surface area contributed by atoms with Gasteiger partial charge in [0.2, 0.25) is 0 Å². The van der Waals surface area contributed by atoms with Gasteiger partial charge in [-0.05, 0) is 12.8 Å². The maximum atomic E-state index is 5.90. The number of aromatic nitrogens is 2. The van der Waals surface area contributed by atoms with Crippen LogP contribution in [0.5, 0.6) is 0 Å². The number of nitrogens with two attached hydrogens (primary N) is 1. The Balaban J connectivity index is 2.21. The van der Waals surface area contributed by atoms with Crippen LogP contribution >= 0.6 is 0 Å². The van der Waals surface area contributed by atoms with Gasteiger partial charge in [0.1, 0.15) is 0 Å². The highest BCUT2D eigenvalue weighted by atomic mass is 16.5. The standard InChI is InChI=1S/C13H25N3O/c1-3-5-7-17-8-6-16-10-13(15-11-16)9-12(14)4-2/h10-12H,3-9,14H2,1-2H3. The first-order chi connectivity index (χ1) is 8.26. The third-order valence-corrected chi connectivity index (χ3v) is 2.82. The van der Waals surface area contributed by atoms with Gasteiger partial charge in [-0.25, -0.2) is 4.98 Å². The summed E-state index contributed by atoms with van der Waals surface area (Å²) in [6.45, 7) is 6.76. The second-order valence-corrected chi connectivity index (χ2v) is 4.44. The number of hydrogen-bond acceptors (Lipinski definition) is 3. The molecule has 1 rings (SSSR count). The Bertz CT molecular complexity index is 299. The van der Waals surface area contributed by atoms with Crippen LogP contribution in [0.4, 0.5) is 0 Å². The van der Waals surface area contributed by atoms with Crippen LogP contribution in [0.25, 0.3) is 0 Å². The number of nitrogens with zero attached hydrogens (tertiary/aromatic N) is 2. The number of unbranched alkanes of at least 4 members (excludes halogenated alkanes) is 1. The third-order valence-electron chi connectivity index (χ3n) is 2.82. The van der Waals surface area contributed by atoms with Gasteiger partial charge in [0, 0.05) is 31.8 Å². The number of imidazole rings is 1. The highest BCUT2D eigenvalue weighted by Gasteiger charge is 2.04. The maximum Gasteiger partial charge on any atom is 0.0950 e. The molecule has 1 aromatic rings. The summed E-state index contributed by atoms with van der Waals surface area (Å²) in [6.07, 6.45) is 8.11. The molecule has 0 radical (unpaired) electrons. The van der Waals surface area contributed by atoms with E-state index in [2.05, 4.69) is 29.6 Å². The molecule has 4 heteroatoms. The zero-order valence-corrected chi connectivity index (χ0v) is 11.1. The van der Waals surface area contributed by atoms with Gasteiger partial charge in [0.05, 0.1) is 18.6 Å². The zero-order chi connectivity index (χ0) is 12.5. The average molecular weight is 239 g/mol. The van der Waals surface area contributed by atoms with Crippen molar-refractivity contribution in [3.63, 3.8) is 0 Å². The molecule has 0 aliphatic heterocycles. The summed E-state index contributed by atoms with van der Waals surface area (Å²) in [6, 6.07) is 0.221. The SMILES string of the molecule is CCCCOCCn1cnc(CC(N)CC)c1. The summed E-state index contributed by atoms with van der Waals surface area (Å²) >= 11 is 0. The summed E-state index contributed by atoms with van der Waals surface area (Å²) in [5.41, 5.74) is 6.97. The summed E-state index contributed by atoms with van der Waals surface area (Å²) in [7, 11) is 0. The Labute approximate surface area is 104 Å². The van der Waals surface area contributed by atoms with Crippen LogP contribution in [0.1, 0.15) is 38.8 Å². The topological polar surface area (TPSA) is 53.1 Å². The second-order valence-electron chi connectivity index (χ2n) is 4.44. The van der Waals surface area contributed by atoms with Crippen LogP contribution in [-0.4, -0.2) is 28.8 Å². The predicted molar refractivity (Wildman–Crippen MR) is 69.9 cm³/mol. The molecule has 0 aliphatic rings. The van der Waals surface area contributed by atoms with Gasteiger partial charge in [-0.2, -0.15) is 0 Å². The lowest BCUT2D eigenvalue weighted by molar-refractivity contribution is 0.123. The van der Waals surface area contributed by atoms with Crippen LogP contribution in [-0.2, 0) is 17.7 Å². The van der Waals surface area contributed by atoms with Crippen molar-refractivity contribution in [3.8, 4) is 0 Å². The highest BCUT2D eigenvalue weighted by molar-refractivity contribution is 4.99. The van der Waals surface area contributed by atoms with Crippen molar-refractivity contribution in [1.82, 2.24) is 9.55 Å². The van der Waals surface area contributed by atoms with E-state index in [0.29, 0.717) is 0 Å². The van der Waals surface area contributed by atoms with E-state index in [-0.39, 0.29) is 6.04 Å². The van der Waals surface area contributed by atoms with Gasteiger partial charge in [-0.1, -0.05) is 20.3 Å². The molecule has 1 heterocycles. The zero-order valence-electron chi connectivity index (χ0n) is 11.1. The lowest BCUT2D eigenvalue weighted by Gasteiger charge is -2.05. The van der Waals surface area contributed by atoms with Crippen molar-refractivity contribution < 1.29 is 4.74 Å². The quantitative estimate of drug-likeness (QED) is 0.670. The van der Waals surface area contributed by atoms with Gasteiger partial charge in [-0.15, -0.1) is 0 Å². The van der Waals surface area contributed by atoms with E-state index in [4.69, 9.17) is 10.5 Å². The normalized spacial score (nSPS) is 12.9. The summed E-state index contributed by atoms with van der Waals surface area (Å²) in [5.74, 6) is 0. The largest absolute Gasteiger partial charge is 0.380 e. The van der Waals surface area contributed by atoms with Crippen molar-refractivity contribution in [2.45, 2.75) is 52.1 Å². The Kier molecular flexibility index (Phi) is 6.89. The van der Waals surface area contributed by atoms with Crippen molar-refractivity contribution >= 4 is 0 Å². The number of rotatable bonds is 9. The minimum atomic E-state index is 0.221. The van der Waals surface area contributed by atoms with E-state index in [1.54, 1.807) is 0 Å². The van der Waals surface area contributed by atoms with Crippen molar-refractivity contribution in [3.05, 3.63) is 18.2 Å². The molecule has 2 N–H and O–H groups in total. The van der Waals surface area contributed by atoms with Crippen LogP contribution in [0, 0.1) is 0 Å². The van der Waals surface area contributed by atoms with E-state index in [1.165, 1.54) is 6.42 Å². The molecule has 0 aromatic carbocycles. The van der Waals surface area contributed by atoms with Crippen LogP contribution < -0.4 is 5.73 Å². The first-order valence-electron chi connectivity index (χ1n) is 6.60. The first kappa shape index (κ1) is 14.2. The fraction of sp³-hybridized carbons (Fsp3) is 0.769. The molecule has 1 unspecified atom stereocenters. The smallest absolute Gasteiger partial charge is 0.0950 e. The Morgan fingerprint density at radius 1 is 1.41 bits per heavy atom. The summed E-state index contributed by atoms with van der Waals surface area (Å²) < 4.78 is 7.59. The molecular formula is C13H25N3O. The minimum Gasteiger partial charge on any atom is -0.380 e. The lowest BCUT2D eigenvalue weighted by Crippen LogP contribution is -2.21. The summed E-state index contributed by atoms with van der Waals surface area (Å²) in [4.78, 5) is 4.35. The van der Waals surface area contributed by atoms with Crippen molar-refractivity contribution in [2.75, 3.05) is 13.2 Å². The Morgan fingerprint density at radius 2 is 2.24 bits per heavy atom. The molecule has 17 heavy (non-hydrogen) atoms. The second kappa shape index (κ2) is 8.25. The molecular weight excluding hydrogens is 214 g/mol.